The first-order valence-corrected chi connectivity index (χ1v) is 8.06. The van der Waals surface area contributed by atoms with Gasteiger partial charge in [-0.15, -0.1) is 0 Å². The molecular formula is C18H25NO5. The zero-order valence-corrected chi connectivity index (χ0v) is 14.7. The SMILES string of the molecule is COc1cccc(OC)c1CC(=O)N1CCC(C(=O)O)(C(C)C)C1. The Morgan fingerprint density at radius 3 is 2.25 bits per heavy atom. The van der Waals surface area contributed by atoms with Crippen LogP contribution in [0.4, 0.5) is 0 Å². The van der Waals surface area contributed by atoms with Crippen molar-refractivity contribution >= 4 is 11.9 Å². The molecule has 0 aliphatic carbocycles. The fraction of sp³-hybridized carbons (Fsp3) is 0.556. The summed E-state index contributed by atoms with van der Waals surface area (Å²) in [5.74, 6) is 0.211. The van der Waals surface area contributed by atoms with E-state index in [1.165, 1.54) is 0 Å². The van der Waals surface area contributed by atoms with Gasteiger partial charge in [0.05, 0.1) is 26.1 Å². The number of carbonyl (C=O) groups is 2. The van der Waals surface area contributed by atoms with Crippen LogP contribution < -0.4 is 9.47 Å². The molecule has 1 fully saturated rings. The first-order chi connectivity index (χ1) is 11.4. The second-order valence-corrected chi connectivity index (χ2v) is 6.50. The van der Waals surface area contributed by atoms with Gasteiger partial charge in [0.2, 0.25) is 5.91 Å². The number of likely N-dealkylation sites (tertiary alicyclic amines) is 1. The molecule has 1 aliphatic rings. The maximum absolute atomic E-state index is 12.7. The lowest BCUT2D eigenvalue weighted by atomic mass is 9.76. The number of carboxylic acid groups (broad SMARTS) is 1. The Labute approximate surface area is 142 Å². The quantitative estimate of drug-likeness (QED) is 0.862. The summed E-state index contributed by atoms with van der Waals surface area (Å²) in [4.78, 5) is 26.1. The molecule has 0 saturated carbocycles. The smallest absolute Gasteiger partial charge is 0.311 e. The summed E-state index contributed by atoms with van der Waals surface area (Å²) in [5, 5.41) is 9.61. The van der Waals surface area contributed by atoms with E-state index in [0.29, 0.717) is 30.0 Å². The molecule has 1 aromatic carbocycles. The third kappa shape index (κ3) is 3.18. The summed E-state index contributed by atoms with van der Waals surface area (Å²) in [5.41, 5.74) is -0.176. The first kappa shape index (κ1) is 18.1. The minimum atomic E-state index is -0.861. The van der Waals surface area contributed by atoms with E-state index in [-0.39, 0.29) is 24.8 Å². The molecule has 1 saturated heterocycles. The minimum Gasteiger partial charge on any atom is -0.496 e. The molecule has 0 radical (unpaired) electrons. The number of benzene rings is 1. The molecule has 1 N–H and O–H groups in total. The van der Waals surface area contributed by atoms with Crippen LogP contribution in [0.2, 0.25) is 0 Å². The van der Waals surface area contributed by atoms with Gasteiger partial charge < -0.3 is 19.5 Å². The summed E-state index contributed by atoms with van der Waals surface area (Å²) in [6, 6.07) is 5.37. The summed E-state index contributed by atoms with van der Waals surface area (Å²) in [7, 11) is 3.10. The van der Waals surface area contributed by atoms with E-state index in [2.05, 4.69) is 0 Å². The van der Waals surface area contributed by atoms with Gasteiger partial charge in [-0.1, -0.05) is 19.9 Å². The number of carbonyl (C=O) groups excluding carboxylic acids is 1. The van der Waals surface area contributed by atoms with Gasteiger partial charge >= 0.3 is 5.97 Å². The average Bonchev–Trinajstić information content (AvgIpc) is 3.02. The van der Waals surface area contributed by atoms with Crippen molar-refractivity contribution in [1.29, 1.82) is 0 Å². The number of hydrogen-bond acceptors (Lipinski definition) is 4. The zero-order chi connectivity index (χ0) is 17.9. The standard InChI is InChI=1S/C18H25NO5/c1-12(2)18(17(21)22)8-9-19(11-18)16(20)10-13-14(23-3)6-5-7-15(13)24-4/h5-7,12H,8-11H2,1-4H3,(H,21,22). The number of amides is 1. The monoisotopic (exact) mass is 335 g/mol. The van der Waals surface area contributed by atoms with Crippen LogP contribution >= 0.6 is 0 Å². The Morgan fingerprint density at radius 2 is 1.83 bits per heavy atom. The molecule has 0 aromatic heterocycles. The Balaban J connectivity index is 2.19. The highest BCUT2D eigenvalue weighted by molar-refractivity contribution is 5.83. The van der Waals surface area contributed by atoms with Crippen LogP contribution in [0.15, 0.2) is 18.2 Å². The normalized spacial score (nSPS) is 20.3. The number of nitrogens with zero attached hydrogens (tertiary/aromatic N) is 1. The molecule has 1 unspecified atom stereocenters. The predicted octanol–water partition coefficient (Wildman–Crippen LogP) is 2.21. The van der Waals surface area contributed by atoms with Gasteiger partial charge in [0.1, 0.15) is 11.5 Å². The van der Waals surface area contributed by atoms with E-state index in [1.807, 2.05) is 13.8 Å². The number of methoxy groups -OCH3 is 2. The lowest BCUT2D eigenvalue weighted by Gasteiger charge is -2.28. The van der Waals surface area contributed by atoms with Gasteiger partial charge in [0.15, 0.2) is 0 Å². The molecule has 6 nitrogen and oxygen atoms in total. The van der Waals surface area contributed by atoms with Crippen molar-refractivity contribution in [3.63, 3.8) is 0 Å². The Bertz CT molecular complexity index is 606. The van der Waals surface area contributed by atoms with E-state index in [0.717, 1.165) is 0 Å². The number of carboxylic acids is 1. The molecule has 1 amide bonds. The molecular weight excluding hydrogens is 310 g/mol. The molecule has 1 aromatic rings. The van der Waals surface area contributed by atoms with E-state index in [4.69, 9.17) is 9.47 Å². The summed E-state index contributed by atoms with van der Waals surface area (Å²) < 4.78 is 10.6. The summed E-state index contributed by atoms with van der Waals surface area (Å²) >= 11 is 0. The Kier molecular flexibility index (Phi) is 5.36. The van der Waals surface area contributed by atoms with E-state index >= 15 is 0 Å². The fourth-order valence-corrected chi connectivity index (χ4v) is 3.30. The summed E-state index contributed by atoms with van der Waals surface area (Å²) in [6.07, 6.45) is 0.607. The first-order valence-electron chi connectivity index (χ1n) is 8.06. The van der Waals surface area contributed by atoms with E-state index < -0.39 is 11.4 Å². The number of rotatable bonds is 6. The molecule has 6 heteroatoms. The third-order valence-electron chi connectivity index (χ3n) is 5.04. The average molecular weight is 335 g/mol. The van der Waals surface area contributed by atoms with E-state index in [9.17, 15) is 14.7 Å². The van der Waals surface area contributed by atoms with Crippen molar-refractivity contribution in [2.24, 2.45) is 11.3 Å². The lowest BCUT2D eigenvalue weighted by molar-refractivity contribution is -0.151. The molecule has 0 bridgehead atoms. The predicted molar refractivity (Wildman–Crippen MR) is 89.4 cm³/mol. The second kappa shape index (κ2) is 7.11. The van der Waals surface area contributed by atoms with Crippen LogP contribution in [-0.2, 0) is 16.0 Å². The highest BCUT2D eigenvalue weighted by atomic mass is 16.5. The van der Waals surface area contributed by atoms with Gasteiger partial charge in [-0.25, -0.2) is 0 Å². The van der Waals surface area contributed by atoms with Crippen LogP contribution in [0.25, 0.3) is 0 Å². The van der Waals surface area contributed by atoms with Crippen LogP contribution in [0, 0.1) is 11.3 Å². The highest BCUT2D eigenvalue weighted by Crippen LogP contribution is 2.39. The molecule has 1 aliphatic heterocycles. The fourth-order valence-electron chi connectivity index (χ4n) is 3.30. The van der Waals surface area contributed by atoms with Crippen LogP contribution in [0.5, 0.6) is 11.5 Å². The van der Waals surface area contributed by atoms with Crippen molar-refractivity contribution < 1.29 is 24.2 Å². The van der Waals surface area contributed by atoms with Crippen molar-refractivity contribution in [2.75, 3.05) is 27.3 Å². The molecule has 1 atom stereocenters. The molecule has 24 heavy (non-hydrogen) atoms. The van der Waals surface area contributed by atoms with Crippen LogP contribution in [0.3, 0.4) is 0 Å². The van der Waals surface area contributed by atoms with Crippen molar-refractivity contribution in [3.8, 4) is 11.5 Å². The molecule has 1 heterocycles. The highest BCUT2D eigenvalue weighted by Gasteiger charge is 2.48. The van der Waals surface area contributed by atoms with Gasteiger partial charge in [0.25, 0.3) is 0 Å². The number of hydrogen-bond donors (Lipinski definition) is 1. The van der Waals surface area contributed by atoms with Gasteiger partial charge in [-0.3, -0.25) is 9.59 Å². The summed E-state index contributed by atoms with van der Waals surface area (Å²) in [6.45, 7) is 4.49. The van der Waals surface area contributed by atoms with Crippen molar-refractivity contribution in [3.05, 3.63) is 23.8 Å². The third-order valence-corrected chi connectivity index (χ3v) is 5.04. The van der Waals surface area contributed by atoms with Gasteiger partial charge in [-0.05, 0) is 24.5 Å². The largest absolute Gasteiger partial charge is 0.496 e. The van der Waals surface area contributed by atoms with Crippen molar-refractivity contribution in [1.82, 2.24) is 4.90 Å². The lowest BCUT2D eigenvalue weighted by Crippen LogP contribution is -2.41. The maximum atomic E-state index is 12.7. The van der Waals surface area contributed by atoms with Gasteiger partial charge in [-0.2, -0.15) is 0 Å². The van der Waals surface area contributed by atoms with E-state index in [1.54, 1.807) is 37.3 Å². The topological polar surface area (TPSA) is 76.1 Å². The van der Waals surface area contributed by atoms with Crippen LogP contribution in [0.1, 0.15) is 25.8 Å². The minimum absolute atomic E-state index is 0.0337. The van der Waals surface area contributed by atoms with Crippen LogP contribution in [-0.4, -0.2) is 49.2 Å². The van der Waals surface area contributed by atoms with Gasteiger partial charge in [0, 0.05) is 18.7 Å². The second-order valence-electron chi connectivity index (χ2n) is 6.50. The molecule has 132 valence electrons. The number of ether oxygens (including phenoxy) is 2. The van der Waals surface area contributed by atoms with Crippen molar-refractivity contribution in [2.45, 2.75) is 26.7 Å². The zero-order valence-electron chi connectivity index (χ0n) is 14.7. The maximum Gasteiger partial charge on any atom is 0.311 e. The number of aliphatic carboxylic acids is 1. The Morgan fingerprint density at radius 1 is 1.25 bits per heavy atom. The molecule has 2 rings (SSSR count). The molecule has 0 spiro atoms. The Hall–Kier alpha value is -2.24.